The van der Waals surface area contributed by atoms with Gasteiger partial charge in [-0.05, 0) is 24.1 Å². The van der Waals surface area contributed by atoms with Crippen LogP contribution in [-0.2, 0) is 16.1 Å². The molecule has 0 bridgehead atoms. The fourth-order valence-corrected chi connectivity index (χ4v) is 1.32. The summed E-state index contributed by atoms with van der Waals surface area (Å²) in [6.45, 7) is 2.76. The molecule has 98 valence electrons. The zero-order valence-corrected chi connectivity index (χ0v) is 10.7. The lowest BCUT2D eigenvalue weighted by molar-refractivity contribution is -0.139. The van der Waals surface area contributed by atoms with Crippen LogP contribution in [0.1, 0.15) is 18.9 Å². The van der Waals surface area contributed by atoms with E-state index < -0.39 is 11.8 Å². The number of methoxy groups -OCH3 is 1. The molecule has 5 nitrogen and oxygen atoms in total. The first-order chi connectivity index (χ1) is 8.67. The van der Waals surface area contributed by atoms with Gasteiger partial charge in [-0.1, -0.05) is 19.1 Å². The summed E-state index contributed by atoms with van der Waals surface area (Å²) < 4.78 is 5.03. The predicted molar refractivity (Wildman–Crippen MR) is 68.1 cm³/mol. The van der Waals surface area contributed by atoms with Crippen LogP contribution in [0.5, 0.6) is 5.75 Å². The lowest BCUT2D eigenvalue weighted by atomic mass is 10.2. The summed E-state index contributed by atoms with van der Waals surface area (Å²) >= 11 is 0. The molecule has 0 saturated heterocycles. The second kappa shape index (κ2) is 7.32. The predicted octanol–water partition coefficient (Wildman–Crippen LogP) is 0.838. The largest absolute Gasteiger partial charge is 0.497 e. The molecule has 0 aromatic heterocycles. The quantitative estimate of drug-likeness (QED) is 0.761. The minimum absolute atomic E-state index is 0.322. The lowest BCUT2D eigenvalue weighted by Gasteiger charge is -2.06. The Kier molecular flexibility index (Phi) is 5.70. The minimum atomic E-state index is -0.612. The highest BCUT2D eigenvalue weighted by Crippen LogP contribution is 2.10. The maximum absolute atomic E-state index is 11.4. The van der Waals surface area contributed by atoms with Gasteiger partial charge in [0.25, 0.3) is 0 Å². The Balaban J connectivity index is 2.39. The molecular weight excluding hydrogens is 232 g/mol. The molecule has 0 aliphatic carbocycles. The van der Waals surface area contributed by atoms with E-state index in [4.69, 9.17) is 4.74 Å². The molecule has 1 rings (SSSR count). The van der Waals surface area contributed by atoms with Crippen molar-refractivity contribution in [2.24, 2.45) is 0 Å². The van der Waals surface area contributed by atoms with Crippen molar-refractivity contribution in [1.82, 2.24) is 10.6 Å². The summed E-state index contributed by atoms with van der Waals surface area (Å²) in [6.07, 6.45) is 0.803. The van der Waals surface area contributed by atoms with Crippen LogP contribution in [0, 0.1) is 0 Å². The van der Waals surface area contributed by atoms with Crippen LogP contribution < -0.4 is 15.4 Å². The Morgan fingerprint density at radius 2 is 1.72 bits per heavy atom. The van der Waals surface area contributed by atoms with Crippen molar-refractivity contribution in [3.8, 4) is 5.75 Å². The number of hydrogen-bond donors (Lipinski definition) is 2. The van der Waals surface area contributed by atoms with Crippen LogP contribution >= 0.6 is 0 Å². The maximum atomic E-state index is 11.4. The first-order valence-electron chi connectivity index (χ1n) is 5.86. The van der Waals surface area contributed by atoms with Gasteiger partial charge in [0.1, 0.15) is 5.75 Å². The Bertz CT molecular complexity index is 401. The fraction of sp³-hybridized carbons (Fsp3) is 0.385. The van der Waals surface area contributed by atoms with Crippen molar-refractivity contribution in [2.45, 2.75) is 19.9 Å². The summed E-state index contributed by atoms with van der Waals surface area (Å²) in [5.41, 5.74) is 0.910. The van der Waals surface area contributed by atoms with Gasteiger partial charge in [0.15, 0.2) is 0 Å². The molecule has 0 saturated carbocycles. The number of amides is 2. The van der Waals surface area contributed by atoms with Crippen LogP contribution in [0.15, 0.2) is 24.3 Å². The number of rotatable bonds is 5. The van der Waals surface area contributed by atoms with Gasteiger partial charge in [0.05, 0.1) is 7.11 Å². The fourth-order valence-electron chi connectivity index (χ4n) is 1.32. The topological polar surface area (TPSA) is 67.4 Å². The lowest BCUT2D eigenvalue weighted by Crippen LogP contribution is -2.39. The zero-order valence-electron chi connectivity index (χ0n) is 10.7. The summed E-state index contributed by atoms with van der Waals surface area (Å²) in [4.78, 5) is 22.7. The number of carbonyl (C=O) groups is 2. The molecule has 2 N–H and O–H groups in total. The second-order valence-electron chi connectivity index (χ2n) is 3.79. The highest BCUT2D eigenvalue weighted by molar-refractivity contribution is 6.35. The van der Waals surface area contributed by atoms with E-state index in [1.807, 2.05) is 19.1 Å². The molecule has 2 amide bonds. The van der Waals surface area contributed by atoms with Gasteiger partial charge >= 0.3 is 11.8 Å². The van der Waals surface area contributed by atoms with Gasteiger partial charge in [-0.25, -0.2) is 0 Å². The summed E-state index contributed by atoms with van der Waals surface area (Å²) in [5, 5.41) is 5.07. The molecule has 0 spiro atoms. The van der Waals surface area contributed by atoms with E-state index in [2.05, 4.69) is 10.6 Å². The van der Waals surface area contributed by atoms with Gasteiger partial charge in [-0.2, -0.15) is 0 Å². The second-order valence-corrected chi connectivity index (χ2v) is 3.79. The van der Waals surface area contributed by atoms with Crippen LogP contribution in [0.3, 0.4) is 0 Å². The third kappa shape index (κ3) is 4.45. The molecule has 0 radical (unpaired) electrons. The van der Waals surface area contributed by atoms with E-state index in [0.717, 1.165) is 17.7 Å². The van der Waals surface area contributed by atoms with Crippen molar-refractivity contribution in [3.05, 3.63) is 29.8 Å². The van der Waals surface area contributed by atoms with Gasteiger partial charge in [-0.3, -0.25) is 9.59 Å². The number of ether oxygens (including phenoxy) is 1. The summed E-state index contributed by atoms with van der Waals surface area (Å²) in [7, 11) is 1.59. The van der Waals surface area contributed by atoms with Crippen LogP contribution in [0.25, 0.3) is 0 Å². The smallest absolute Gasteiger partial charge is 0.309 e. The average Bonchev–Trinajstić information content (AvgIpc) is 2.42. The summed E-state index contributed by atoms with van der Waals surface area (Å²) in [5.74, 6) is -0.449. The number of benzene rings is 1. The highest BCUT2D eigenvalue weighted by atomic mass is 16.5. The number of carbonyl (C=O) groups excluding carboxylic acids is 2. The van der Waals surface area contributed by atoms with Crippen molar-refractivity contribution in [3.63, 3.8) is 0 Å². The Morgan fingerprint density at radius 3 is 2.28 bits per heavy atom. The molecule has 0 heterocycles. The Labute approximate surface area is 107 Å². The Morgan fingerprint density at radius 1 is 1.11 bits per heavy atom. The van der Waals surface area contributed by atoms with E-state index in [1.54, 1.807) is 19.2 Å². The molecule has 18 heavy (non-hydrogen) atoms. The van der Waals surface area contributed by atoms with Gasteiger partial charge in [0.2, 0.25) is 0 Å². The molecule has 5 heteroatoms. The van der Waals surface area contributed by atoms with E-state index in [1.165, 1.54) is 0 Å². The van der Waals surface area contributed by atoms with Gasteiger partial charge in [-0.15, -0.1) is 0 Å². The van der Waals surface area contributed by atoms with E-state index in [0.29, 0.717) is 13.1 Å². The molecule has 1 aromatic carbocycles. The molecular formula is C13H18N2O3. The van der Waals surface area contributed by atoms with Crippen LogP contribution in [-0.4, -0.2) is 25.5 Å². The monoisotopic (exact) mass is 250 g/mol. The van der Waals surface area contributed by atoms with E-state index in [9.17, 15) is 9.59 Å². The first-order valence-corrected chi connectivity index (χ1v) is 5.86. The van der Waals surface area contributed by atoms with Crippen molar-refractivity contribution in [1.29, 1.82) is 0 Å². The SMILES string of the molecule is CCCNC(=O)C(=O)NCc1ccc(OC)cc1. The molecule has 0 atom stereocenters. The minimum Gasteiger partial charge on any atom is -0.497 e. The van der Waals surface area contributed by atoms with Crippen LogP contribution in [0.2, 0.25) is 0 Å². The molecule has 0 aliphatic heterocycles. The third-order valence-electron chi connectivity index (χ3n) is 2.35. The average molecular weight is 250 g/mol. The van der Waals surface area contributed by atoms with E-state index >= 15 is 0 Å². The zero-order chi connectivity index (χ0) is 13.4. The third-order valence-corrected chi connectivity index (χ3v) is 2.35. The van der Waals surface area contributed by atoms with Gasteiger partial charge in [0, 0.05) is 13.1 Å². The van der Waals surface area contributed by atoms with Crippen LogP contribution in [0.4, 0.5) is 0 Å². The number of hydrogen-bond acceptors (Lipinski definition) is 3. The molecule has 0 fully saturated rings. The number of nitrogens with one attached hydrogen (secondary N) is 2. The Hall–Kier alpha value is -2.04. The molecule has 0 aliphatic rings. The van der Waals surface area contributed by atoms with E-state index in [-0.39, 0.29) is 0 Å². The standard InChI is InChI=1S/C13H18N2O3/c1-3-8-14-12(16)13(17)15-9-10-4-6-11(18-2)7-5-10/h4-7H,3,8-9H2,1-2H3,(H,14,16)(H,15,17). The van der Waals surface area contributed by atoms with Crippen molar-refractivity contribution in [2.75, 3.05) is 13.7 Å². The maximum Gasteiger partial charge on any atom is 0.309 e. The summed E-state index contributed by atoms with van der Waals surface area (Å²) in [6, 6.07) is 7.28. The van der Waals surface area contributed by atoms with Crippen molar-refractivity contribution < 1.29 is 14.3 Å². The highest BCUT2D eigenvalue weighted by Gasteiger charge is 2.11. The first kappa shape index (κ1) is 14.0. The van der Waals surface area contributed by atoms with Gasteiger partial charge < -0.3 is 15.4 Å². The normalized spacial score (nSPS) is 9.67. The van der Waals surface area contributed by atoms with Crippen molar-refractivity contribution >= 4 is 11.8 Å². The molecule has 0 unspecified atom stereocenters. The molecule has 1 aromatic rings.